The van der Waals surface area contributed by atoms with Crippen LogP contribution >= 0.6 is 11.6 Å². The van der Waals surface area contributed by atoms with Crippen LogP contribution in [0.1, 0.15) is 17.3 Å². The minimum atomic E-state index is -4.80. The van der Waals surface area contributed by atoms with Crippen LogP contribution in [0.25, 0.3) is 0 Å². The molecule has 1 aromatic carbocycles. The highest BCUT2D eigenvalue weighted by Crippen LogP contribution is 2.34. The Morgan fingerprint density at radius 1 is 1.19 bits per heavy atom. The molecular formula is C13H11ClF3N3O. The third kappa shape index (κ3) is 3.84. The molecule has 0 bridgehead atoms. The highest BCUT2D eigenvalue weighted by Gasteiger charge is 2.33. The van der Waals surface area contributed by atoms with Gasteiger partial charge in [0.05, 0.1) is 16.8 Å². The van der Waals surface area contributed by atoms with E-state index >= 15 is 0 Å². The summed E-state index contributed by atoms with van der Waals surface area (Å²) in [4.78, 5) is 4.05. The zero-order chi connectivity index (χ0) is 15.5. The average molecular weight is 318 g/mol. The van der Waals surface area contributed by atoms with Gasteiger partial charge in [0, 0.05) is 11.8 Å². The number of halogens is 4. The molecular weight excluding hydrogens is 307 g/mol. The van der Waals surface area contributed by atoms with Crippen molar-refractivity contribution in [2.24, 2.45) is 5.84 Å². The molecule has 0 saturated heterocycles. The lowest BCUT2D eigenvalue weighted by Gasteiger charge is -2.20. The smallest absolute Gasteiger partial charge is 0.405 e. The summed E-state index contributed by atoms with van der Waals surface area (Å²) in [5.41, 5.74) is 2.89. The summed E-state index contributed by atoms with van der Waals surface area (Å²) in [5.74, 6) is 5.09. The normalized spacial score (nSPS) is 13.0. The molecule has 0 spiro atoms. The van der Waals surface area contributed by atoms with Gasteiger partial charge in [0.1, 0.15) is 5.75 Å². The Kier molecular flexibility index (Phi) is 4.66. The molecule has 0 radical (unpaired) electrons. The number of hydrogen-bond donors (Lipinski definition) is 2. The molecule has 2 rings (SSSR count). The predicted molar refractivity (Wildman–Crippen MR) is 71.5 cm³/mol. The van der Waals surface area contributed by atoms with E-state index in [1.807, 2.05) is 0 Å². The largest absolute Gasteiger partial charge is 0.573 e. The molecule has 0 aliphatic carbocycles. The first kappa shape index (κ1) is 15.6. The summed E-state index contributed by atoms with van der Waals surface area (Å²) < 4.78 is 41.4. The van der Waals surface area contributed by atoms with Crippen LogP contribution in [-0.2, 0) is 0 Å². The number of nitrogens with zero attached hydrogens (tertiary/aromatic N) is 1. The van der Waals surface area contributed by atoms with Gasteiger partial charge in [0.2, 0.25) is 0 Å². The fraction of sp³-hybridized carbons (Fsp3) is 0.154. The Morgan fingerprint density at radius 3 is 2.52 bits per heavy atom. The van der Waals surface area contributed by atoms with Crippen molar-refractivity contribution in [1.82, 2.24) is 10.4 Å². The Labute approximate surface area is 123 Å². The quantitative estimate of drug-likeness (QED) is 0.671. The number of benzene rings is 1. The number of nitrogens with two attached hydrogens (primary N) is 1. The van der Waals surface area contributed by atoms with E-state index in [1.165, 1.54) is 24.4 Å². The summed E-state index contributed by atoms with van der Waals surface area (Å²) in [6, 6.07) is 8.00. The van der Waals surface area contributed by atoms with E-state index in [9.17, 15) is 13.2 Å². The minimum absolute atomic E-state index is 0.179. The first-order valence-corrected chi connectivity index (χ1v) is 6.21. The molecule has 112 valence electrons. The second-order valence-corrected chi connectivity index (χ2v) is 4.46. The highest BCUT2D eigenvalue weighted by molar-refractivity contribution is 6.31. The minimum Gasteiger partial charge on any atom is -0.405 e. The van der Waals surface area contributed by atoms with Crippen molar-refractivity contribution in [2.75, 3.05) is 0 Å². The third-order valence-electron chi connectivity index (χ3n) is 2.68. The van der Waals surface area contributed by atoms with Crippen molar-refractivity contribution in [3.05, 3.63) is 58.9 Å². The van der Waals surface area contributed by atoms with Gasteiger partial charge in [-0.05, 0) is 18.2 Å². The van der Waals surface area contributed by atoms with E-state index in [4.69, 9.17) is 17.4 Å². The Hall–Kier alpha value is -1.83. The van der Waals surface area contributed by atoms with Crippen molar-refractivity contribution in [3.8, 4) is 5.75 Å². The van der Waals surface area contributed by atoms with Crippen LogP contribution in [0.15, 0.2) is 42.6 Å². The van der Waals surface area contributed by atoms with Crippen LogP contribution in [0.2, 0.25) is 5.02 Å². The lowest BCUT2D eigenvalue weighted by Crippen LogP contribution is -2.30. The second kappa shape index (κ2) is 6.30. The van der Waals surface area contributed by atoms with E-state index in [2.05, 4.69) is 15.1 Å². The lowest BCUT2D eigenvalue weighted by atomic mass is 10.0. The molecule has 0 aliphatic rings. The number of hydrazine groups is 1. The zero-order valence-corrected chi connectivity index (χ0v) is 11.3. The number of ether oxygens (including phenoxy) is 1. The molecule has 0 aliphatic heterocycles. The molecule has 4 nitrogen and oxygen atoms in total. The maximum absolute atomic E-state index is 12.5. The Balaban J connectivity index is 2.46. The van der Waals surface area contributed by atoms with Crippen LogP contribution in [0.5, 0.6) is 5.75 Å². The number of alkyl halides is 3. The van der Waals surface area contributed by atoms with Crippen LogP contribution < -0.4 is 16.0 Å². The third-order valence-corrected chi connectivity index (χ3v) is 3.00. The molecule has 21 heavy (non-hydrogen) atoms. The van der Waals surface area contributed by atoms with Crippen LogP contribution in [-0.4, -0.2) is 11.3 Å². The van der Waals surface area contributed by atoms with Gasteiger partial charge in [0.15, 0.2) is 0 Å². The molecule has 1 heterocycles. The van der Waals surface area contributed by atoms with Gasteiger partial charge in [0.25, 0.3) is 0 Å². The summed E-state index contributed by atoms with van der Waals surface area (Å²) >= 11 is 6.01. The van der Waals surface area contributed by atoms with Crippen LogP contribution in [0.4, 0.5) is 13.2 Å². The number of pyridine rings is 1. The van der Waals surface area contributed by atoms with E-state index < -0.39 is 12.4 Å². The number of para-hydroxylation sites is 1. The van der Waals surface area contributed by atoms with Crippen LogP contribution in [0, 0.1) is 0 Å². The van der Waals surface area contributed by atoms with Gasteiger partial charge in [-0.1, -0.05) is 29.8 Å². The molecule has 1 unspecified atom stereocenters. The van der Waals surface area contributed by atoms with E-state index in [0.29, 0.717) is 5.69 Å². The molecule has 2 aromatic rings. The fourth-order valence-corrected chi connectivity index (χ4v) is 2.09. The molecule has 8 heteroatoms. The van der Waals surface area contributed by atoms with Gasteiger partial charge < -0.3 is 4.74 Å². The van der Waals surface area contributed by atoms with Gasteiger partial charge in [-0.3, -0.25) is 10.8 Å². The van der Waals surface area contributed by atoms with Crippen molar-refractivity contribution in [1.29, 1.82) is 0 Å². The summed E-state index contributed by atoms with van der Waals surface area (Å²) in [6.07, 6.45) is -3.33. The van der Waals surface area contributed by atoms with Crippen molar-refractivity contribution in [3.63, 3.8) is 0 Å². The monoisotopic (exact) mass is 317 g/mol. The topological polar surface area (TPSA) is 60.2 Å². The SMILES string of the molecule is NNC(c1ccccc1OC(F)(F)F)c1ncccc1Cl. The van der Waals surface area contributed by atoms with E-state index in [0.717, 1.165) is 0 Å². The number of aromatic nitrogens is 1. The maximum Gasteiger partial charge on any atom is 0.573 e. The zero-order valence-electron chi connectivity index (χ0n) is 10.6. The number of rotatable bonds is 4. The predicted octanol–water partition coefficient (Wildman–Crippen LogP) is 3.19. The van der Waals surface area contributed by atoms with Gasteiger partial charge >= 0.3 is 6.36 Å². The fourth-order valence-electron chi connectivity index (χ4n) is 1.86. The molecule has 0 fully saturated rings. The standard InChI is InChI=1S/C13H11ClF3N3O/c14-9-5-3-7-19-12(9)11(20-18)8-4-1-2-6-10(8)21-13(15,16)17/h1-7,11,20H,18H2. The second-order valence-electron chi connectivity index (χ2n) is 4.06. The lowest BCUT2D eigenvalue weighted by molar-refractivity contribution is -0.275. The average Bonchev–Trinajstić information content (AvgIpc) is 2.42. The number of nitrogens with one attached hydrogen (secondary N) is 1. The summed E-state index contributed by atoms with van der Waals surface area (Å²) in [5, 5.41) is 0.280. The van der Waals surface area contributed by atoms with E-state index in [-0.39, 0.29) is 16.3 Å². The molecule has 0 saturated carbocycles. The van der Waals surface area contributed by atoms with Crippen molar-refractivity contribution < 1.29 is 17.9 Å². The summed E-state index contributed by atoms with van der Waals surface area (Å²) in [6.45, 7) is 0. The van der Waals surface area contributed by atoms with Crippen LogP contribution in [0.3, 0.4) is 0 Å². The Morgan fingerprint density at radius 2 is 1.90 bits per heavy atom. The van der Waals surface area contributed by atoms with Crippen molar-refractivity contribution in [2.45, 2.75) is 12.4 Å². The molecule has 1 atom stereocenters. The Bertz CT molecular complexity index is 622. The van der Waals surface area contributed by atoms with Crippen molar-refractivity contribution >= 4 is 11.6 Å². The van der Waals surface area contributed by atoms with Gasteiger partial charge in [-0.25, -0.2) is 5.43 Å². The molecule has 0 amide bonds. The molecule has 1 aromatic heterocycles. The van der Waals surface area contributed by atoms with Gasteiger partial charge in [-0.2, -0.15) is 0 Å². The highest BCUT2D eigenvalue weighted by atomic mass is 35.5. The maximum atomic E-state index is 12.5. The number of hydrogen-bond acceptors (Lipinski definition) is 4. The first-order chi connectivity index (χ1) is 9.92. The van der Waals surface area contributed by atoms with Gasteiger partial charge in [-0.15, -0.1) is 13.2 Å². The summed E-state index contributed by atoms with van der Waals surface area (Å²) in [7, 11) is 0. The molecule has 3 N–H and O–H groups in total. The first-order valence-electron chi connectivity index (χ1n) is 5.83. The van der Waals surface area contributed by atoms with E-state index in [1.54, 1.807) is 18.2 Å².